The predicted molar refractivity (Wildman–Crippen MR) is 114 cm³/mol. The second-order valence-corrected chi connectivity index (χ2v) is 7.71. The Balaban J connectivity index is 1.39. The number of amides is 1. The molecule has 3 aromatic rings. The molecule has 1 aromatic carbocycles. The molecule has 7 heteroatoms. The quantitative estimate of drug-likeness (QED) is 0.623. The molecule has 0 radical (unpaired) electrons. The third-order valence-corrected chi connectivity index (χ3v) is 5.67. The molecule has 7 nitrogen and oxygen atoms in total. The fourth-order valence-electron chi connectivity index (χ4n) is 3.88. The summed E-state index contributed by atoms with van der Waals surface area (Å²) in [5.74, 6) is -0.409. The number of pyridine rings is 1. The third kappa shape index (κ3) is 3.93. The number of methoxy groups -OCH3 is 1. The minimum absolute atomic E-state index is 0.00692. The predicted octanol–water partition coefficient (Wildman–Crippen LogP) is 2.70. The molecule has 30 heavy (non-hydrogen) atoms. The van der Waals surface area contributed by atoms with E-state index in [4.69, 9.17) is 4.74 Å². The highest BCUT2D eigenvalue weighted by molar-refractivity contribution is 5.96. The molecule has 1 fully saturated rings. The van der Waals surface area contributed by atoms with Gasteiger partial charge in [-0.1, -0.05) is 0 Å². The minimum atomic E-state index is -0.402. The Hall–Kier alpha value is -3.19. The molecule has 3 heterocycles. The summed E-state index contributed by atoms with van der Waals surface area (Å²) in [6, 6.07) is 10.8. The van der Waals surface area contributed by atoms with E-state index in [0.717, 1.165) is 31.0 Å². The third-order valence-electron chi connectivity index (χ3n) is 5.67. The molecule has 1 aliphatic rings. The lowest BCUT2D eigenvalue weighted by molar-refractivity contribution is 0.0595. The number of esters is 1. The van der Waals surface area contributed by atoms with Gasteiger partial charge in [0.25, 0.3) is 5.91 Å². The smallest absolute Gasteiger partial charge is 0.337 e. The highest BCUT2D eigenvalue weighted by atomic mass is 16.5. The number of aryl methyl sites for hydroxylation is 2. The van der Waals surface area contributed by atoms with Crippen LogP contribution in [0, 0.1) is 13.8 Å². The fraction of sp³-hybridized carbons (Fsp3) is 0.348. The van der Waals surface area contributed by atoms with Crippen molar-refractivity contribution in [1.82, 2.24) is 19.2 Å². The zero-order valence-corrected chi connectivity index (χ0v) is 17.6. The minimum Gasteiger partial charge on any atom is -0.465 e. The Morgan fingerprint density at radius 2 is 1.67 bits per heavy atom. The van der Waals surface area contributed by atoms with Crippen molar-refractivity contribution < 1.29 is 14.3 Å². The van der Waals surface area contributed by atoms with Gasteiger partial charge in [0.15, 0.2) is 0 Å². The highest BCUT2D eigenvalue weighted by Crippen LogP contribution is 2.17. The summed E-state index contributed by atoms with van der Waals surface area (Å²) < 4.78 is 6.86. The molecule has 0 spiro atoms. The SMILES string of the molecule is COC(=O)c1ccc(C(=O)N2CCN(Cc3c(C)nc4cc(C)ccn34)CC2)cc1. The standard InChI is InChI=1S/C23H26N4O3/c1-16-8-9-27-20(17(2)24-21(27)14-16)15-25-10-12-26(13-11-25)22(28)18-4-6-19(7-5-18)23(29)30-3/h4-9,14H,10-13,15H2,1-3H3. The van der Waals surface area contributed by atoms with Crippen molar-refractivity contribution in [2.24, 2.45) is 0 Å². The zero-order valence-electron chi connectivity index (χ0n) is 17.6. The second kappa shape index (κ2) is 8.28. The molecule has 0 saturated carbocycles. The number of imidazole rings is 1. The Morgan fingerprint density at radius 1 is 1.00 bits per heavy atom. The van der Waals surface area contributed by atoms with E-state index >= 15 is 0 Å². The van der Waals surface area contributed by atoms with Gasteiger partial charge in [-0.15, -0.1) is 0 Å². The van der Waals surface area contributed by atoms with Crippen LogP contribution in [0.4, 0.5) is 0 Å². The lowest BCUT2D eigenvalue weighted by Gasteiger charge is -2.34. The van der Waals surface area contributed by atoms with Crippen LogP contribution in [0.25, 0.3) is 5.65 Å². The van der Waals surface area contributed by atoms with Crippen molar-refractivity contribution in [1.29, 1.82) is 0 Å². The van der Waals surface area contributed by atoms with E-state index in [2.05, 4.69) is 46.5 Å². The maximum Gasteiger partial charge on any atom is 0.337 e. The lowest BCUT2D eigenvalue weighted by Crippen LogP contribution is -2.48. The van der Waals surface area contributed by atoms with E-state index in [1.807, 2.05) is 4.90 Å². The van der Waals surface area contributed by atoms with Gasteiger partial charge in [-0.05, 0) is 55.8 Å². The normalized spacial score (nSPS) is 14.8. The second-order valence-electron chi connectivity index (χ2n) is 7.71. The number of piperazine rings is 1. The van der Waals surface area contributed by atoms with Gasteiger partial charge in [-0.3, -0.25) is 9.69 Å². The van der Waals surface area contributed by atoms with Crippen molar-refractivity contribution in [3.05, 3.63) is 70.7 Å². The number of carbonyl (C=O) groups is 2. The number of benzene rings is 1. The monoisotopic (exact) mass is 406 g/mol. The van der Waals surface area contributed by atoms with Crippen molar-refractivity contribution in [2.45, 2.75) is 20.4 Å². The van der Waals surface area contributed by atoms with E-state index in [0.29, 0.717) is 24.2 Å². The maximum atomic E-state index is 12.8. The summed E-state index contributed by atoms with van der Waals surface area (Å²) in [5, 5.41) is 0. The summed E-state index contributed by atoms with van der Waals surface area (Å²) in [5.41, 5.74) is 5.45. The van der Waals surface area contributed by atoms with Gasteiger partial charge in [-0.2, -0.15) is 0 Å². The topological polar surface area (TPSA) is 67.2 Å². The van der Waals surface area contributed by atoms with Crippen LogP contribution in [0.1, 0.15) is 37.7 Å². The van der Waals surface area contributed by atoms with Gasteiger partial charge < -0.3 is 14.0 Å². The summed E-state index contributed by atoms with van der Waals surface area (Å²) >= 11 is 0. The number of aromatic nitrogens is 2. The van der Waals surface area contributed by atoms with E-state index < -0.39 is 5.97 Å². The molecule has 156 valence electrons. The van der Waals surface area contributed by atoms with Crippen LogP contribution in [-0.2, 0) is 11.3 Å². The number of rotatable bonds is 4. The summed E-state index contributed by atoms with van der Waals surface area (Å²) in [4.78, 5) is 33.3. The molecule has 0 unspecified atom stereocenters. The Bertz CT molecular complexity index is 1080. The van der Waals surface area contributed by atoms with Gasteiger partial charge >= 0.3 is 5.97 Å². The largest absolute Gasteiger partial charge is 0.465 e. The van der Waals surface area contributed by atoms with Crippen molar-refractivity contribution in [3.8, 4) is 0 Å². The molecule has 0 N–H and O–H groups in total. The van der Waals surface area contributed by atoms with Crippen molar-refractivity contribution in [2.75, 3.05) is 33.3 Å². The van der Waals surface area contributed by atoms with Crippen LogP contribution in [-0.4, -0.2) is 64.3 Å². The van der Waals surface area contributed by atoms with Crippen molar-refractivity contribution in [3.63, 3.8) is 0 Å². The number of hydrogen-bond acceptors (Lipinski definition) is 5. The first-order valence-corrected chi connectivity index (χ1v) is 10.1. The summed E-state index contributed by atoms with van der Waals surface area (Å²) in [6.45, 7) is 7.90. The van der Waals surface area contributed by atoms with Gasteiger partial charge in [0.05, 0.1) is 24.1 Å². The molecular formula is C23H26N4O3. The van der Waals surface area contributed by atoms with Gasteiger partial charge in [0.1, 0.15) is 5.65 Å². The van der Waals surface area contributed by atoms with Crippen molar-refractivity contribution >= 4 is 17.5 Å². The number of hydrogen-bond donors (Lipinski definition) is 0. The average Bonchev–Trinajstić information content (AvgIpc) is 3.07. The van der Waals surface area contributed by atoms with Gasteiger partial charge in [-0.25, -0.2) is 9.78 Å². The molecule has 4 rings (SSSR count). The first kappa shape index (κ1) is 20.1. The molecule has 0 aliphatic carbocycles. The van der Waals surface area contributed by atoms with Crippen LogP contribution in [0.15, 0.2) is 42.6 Å². The average molecular weight is 406 g/mol. The van der Waals surface area contributed by atoms with E-state index in [1.165, 1.54) is 18.4 Å². The Kier molecular flexibility index (Phi) is 5.55. The molecule has 2 aromatic heterocycles. The highest BCUT2D eigenvalue weighted by Gasteiger charge is 2.23. The van der Waals surface area contributed by atoms with Crippen LogP contribution in [0.2, 0.25) is 0 Å². The van der Waals surface area contributed by atoms with Crippen LogP contribution in [0.5, 0.6) is 0 Å². The molecule has 1 saturated heterocycles. The fourth-order valence-corrected chi connectivity index (χ4v) is 3.88. The molecular weight excluding hydrogens is 380 g/mol. The summed E-state index contributed by atoms with van der Waals surface area (Å²) in [7, 11) is 1.34. The Morgan fingerprint density at radius 3 is 2.33 bits per heavy atom. The van der Waals surface area contributed by atoms with Gasteiger partial charge in [0.2, 0.25) is 0 Å². The van der Waals surface area contributed by atoms with E-state index in [9.17, 15) is 9.59 Å². The number of fused-ring (bicyclic) bond motifs is 1. The Labute approximate surface area is 175 Å². The molecule has 1 aliphatic heterocycles. The van der Waals surface area contributed by atoms with Gasteiger partial charge in [0, 0.05) is 44.5 Å². The summed E-state index contributed by atoms with van der Waals surface area (Å²) in [6.07, 6.45) is 2.08. The van der Waals surface area contributed by atoms with Crippen LogP contribution in [0.3, 0.4) is 0 Å². The first-order valence-electron chi connectivity index (χ1n) is 10.1. The van der Waals surface area contributed by atoms with E-state index in [1.54, 1.807) is 24.3 Å². The number of carbonyl (C=O) groups excluding carboxylic acids is 2. The van der Waals surface area contributed by atoms with E-state index in [-0.39, 0.29) is 5.91 Å². The first-order chi connectivity index (χ1) is 14.5. The van der Waals surface area contributed by atoms with Crippen LogP contribution < -0.4 is 0 Å². The number of nitrogens with zero attached hydrogens (tertiary/aromatic N) is 4. The maximum absolute atomic E-state index is 12.8. The molecule has 0 bridgehead atoms. The molecule has 1 amide bonds. The number of ether oxygens (including phenoxy) is 1. The lowest BCUT2D eigenvalue weighted by atomic mass is 10.1. The zero-order chi connectivity index (χ0) is 21.3. The molecule has 0 atom stereocenters. The van der Waals surface area contributed by atoms with Crippen LogP contribution >= 0.6 is 0 Å².